The highest BCUT2D eigenvalue weighted by Crippen LogP contribution is 2.32. The van der Waals surface area contributed by atoms with E-state index in [0.717, 1.165) is 12.1 Å². The molecule has 0 aliphatic rings. The Morgan fingerprint density at radius 2 is 1.47 bits per heavy atom. The van der Waals surface area contributed by atoms with E-state index < -0.39 is 31.2 Å². The molecule has 0 aliphatic carbocycles. The summed E-state index contributed by atoms with van der Waals surface area (Å²) in [6.45, 7) is 0. The van der Waals surface area contributed by atoms with Gasteiger partial charge < -0.3 is 4.18 Å². The van der Waals surface area contributed by atoms with Crippen molar-refractivity contribution < 1.29 is 30.1 Å². The standard InChI is InChI=1S/C10H8O7S2/c11-18(12,13)9-6-2-4-7-3-1-5-8(10(7)9)17-19(14,15)16/h1-6H,(H,11,12,13)(H,14,15,16). The second-order valence-electron chi connectivity index (χ2n) is 3.60. The Hall–Kier alpha value is -1.68. The average molecular weight is 304 g/mol. The molecule has 0 radical (unpaired) electrons. The van der Waals surface area contributed by atoms with Crippen LogP contribution in [0.25, 0.3) is 10.8 Å². The summed E-state index contributed by atoms with van der Waals surface area (Å²) in [7, 11) is -9.37. The molecule has 0 unspecified atom stereocenters. The fraction of sp³-hybridized carbons (Fsp3) is 0. The first-order valence-electron chi connectivity index (χ1n) is 4.84. The third-order valence-corrected chi connectivity index (χ3v) is 3.59. The summed E-state index contributed by atoms with van der Waals surface area (Å²) in [4.78, 5) is -0.510. The topological polar surface area (TPSA) is 118 Å². The summed E-state index contributed by atoms with van der Waals surface area (Å²) in [6.07, 6.45) is 0. The first kappa shape index (κ1) is 13.7. The molecule has 0 aromatic heterocycles. The molecule has 0 fully saturated rings. The van der Waals surface area contributed by atoms with Crippen LogP contribution in [0.1, 0.15) is 0 Å². The molecule has 0 spiro atoms. The van der Waals surface area contributed by atoms with Crippen molar-refractivity contribution in [2.45, 2.75) is 4.90 Å². The average Bonchev–Trinajstić information content (AvgIpc) is 2.25. The Morgan fingerprint density at radius 3 is 2.00 bits per heavy atom. The Kier molecular flexibility index (Phi) is 3.22. The molecule has 2 N–H and O–H groups in total. The lowest BCUT2D eigenvalue weighted by molar-refractivity contribution is 0.388. The minimum Gasteiger partial charge on any atom is -0.361 e. The molecule has 7 nitrogen and oxygen atoms in total. The summed E-state index contributed by atoms with van der Waals surface area (Å²) in [5.41, 5.74) is 0. The summed E-state index contributed by atoms with van der Waals surface area (Å²) >= 11 is 0. The summed E-state index contributed by atoms with van der Waals surface area (Å²) in [5.74, 6) is -0.395. The highest BCUT2D eigenvalue weighted by atomic mass is 32.3. The Labute approximate surface area is 109 Å². The minimum absolute atomic E-state index is 0.134. The van der Waals surface area contributed by atoms with Crippen molar-refractivity contribution in [1.29, 1.82) is 0 Å². The van der Waals surface area contributed by atoms with E-state index in [0.29, 0.717) is 5.39 Å². The van der Waals surface area contributed by atoms with Crippen molar-refractivity contribution in [3.63, 3.8) is 0 Å². The van der Waals surface area contributed by atoms with Gasteiger partial charge in [0.1, 0.15) is 4.90 Å². The SMILES string of the molecule is O=S(=O)(O)Oc1cccc2cccc(S(=O)(=O)O)c12. The molecule has 19 heavy (non-hydrogen) atoms. The first-order chi connectivity index (χ1) is 8.68. The molecule has 102 valence electrons. The zero-order valence-corrected chi connectivity index (χ0v) is 10.8. The maximum absolute atomic E-state index is 11.3. The third kappa shape index (κ3) is 3.01. The van der Waals surface area contributed by atoms with Crippen molar-refractivity contribution >= 4 is 31.3 Å². The summed E-state index contributed by atoms with van der Waals surface area (Å²) in [5, 5.41) is 0.196. The largest absolute Gasteiger partial charge is 0.446 e. The normalized spacial score (nSPS) is 12.5. The molecule has 0 saturated carbocycles. The van der Waals surface area contributed by atoms with Crippen LogP contribution in [0.3, 0.4) is 0 Å². The van der Waals surface area contributed by atoms with E-state index in [1.165, 1.54) is 24.3 Å². The van der Waals surface area contributed by atoms with Crippen molar-refractivity contribution in [2.75, 3.05) is 0 Å². The number of hydrogen-bond donors (Lipinski definition) is 2. The second-order valence-corrected chi connectivity index (χ2v) is 6.01. The van der Waals surface area contributed by atoms with Gasteiger partial charge in [-0.15, -0.1) is 0 Å². The maximum atomic E-state index is 11.3. The van der Waals surface area contributed by atoms with Crippen molar-refractivity contribution in [2.24, 2.45) is 0 Å². The third-order valence-electron chi connectivity index (χ3n) is 2.30. The number of rotatable bonds is 3. The van der Waals surface area contributed by atoms with E-state index in [1.54, 1.807) is 0 Å². The van der Waals surface area contributed by atoms with Gasteiger partial charge in [-0.2, -0.15) is 16.8 Å². The van der Waals surface area contributed by atoms with Crippen molar-refractivity contribution in [1.82, 2.24) is 0 Å². The van der Waals surface area contributed by atoms with Gasteiger partial charge in [-0.1, -0.05) is 24.3 Å². The van der Waals surface area contributed by atoms with Gasteiger partial charge in [0.25, 0.3) is 10.1 Å². The van der Waals surface area contributed by atoms with Gasteiger partial charge in [0.15, 0.2) is 5.75 Å². The molecule has 0 heterocycles. The van der Waals surface area contributed by atoms with E-state index in [4.69, 9.17) is 9.11 Å². The Morgan fingerprint density at radius 1 is 0.895 bits per heavy atom. The maximum Gasteiger partial charge on any atom is 0.446 e. The molecule has 0 amide bonds. The van der Waals surface area contributed by atoms with Crippen molar-refractivity contribution in [3.05, 3.63) is 36.4 Å². The highest BCUT2D eigenvalue weighted by Gasteiger charge is 2.19. The van der Waals surface area contributed by atoms with Crippen LogP contribution in [-0.4, -0.2) is 25.9 Å². The van der Waals surface area contributed by atoms with E-state index >= 15 is 0 Å². The zero-order chi connectivity index (χ0) is 14.3. The molecule has 9 heteroatoms. The zero-order valence-electron chi connectivity index (χ0n) is 9.22. The quantitative estimate of drug-likeness (QED) is 0.819. The van der Waals surface area contributed by atoms with Crippen LogP contribution < -0.4 is 4.18 Å². The van der Waals surface area contributed by atoms with Gasteiger partial charge in [0, 0.05) is 5.39 Å². The summed E-state index contributed by atoms with van der Waals surface area (Å²) in [6, 6.07) is 8.04. The van der Waals surface area contributed by atoms with Crippen LogP contribution in [-0.2, 0) is 20.5 Å². The van der Waals surface area contributed by atoms with Gasteiger partial charge in [0.05, 0.1) is 0 Å². The van der Waals surface area contributed by atoms with Crippen LogP contribution in [0.15, 0.2) is 41.3 Å². The highest BCUT2D eigenvalue weighted by molar-refractivity contribution is 7.86. The lowest BCUT2D eigenvalue weighted by Gasteiger charge is -2.08. The van der Waals surface area contributed by atoms with E-state index in [2.05, 4.69) is 4.18 Å². The van der Waals surface area contributed by atoms with E-state index in [-0.39, 0.29) is 5.39 Å². The molecular formula is C10H8O7S2. The molecule has 2 rings (SSSR count). The fourth-order valence-corrected chi connectivity index (χ4v) is 2.76. The van der Waals surface area contributed by atoms with Crippen LogP contribution in [0.5, 0.6) is 5.75 Å². The molecular weight excluding hydrogens is 296 g/mol. The van der Waals surface area contributed by atoms with Crippen LogP contribution >= 0.6 is 0 Å². The molecule has 2 aromatic rings. The molecule has 2 aromatic carbocycles. The van der Waals surface area contributed by atoms with E-state index in [9.17, 15) is 16.8 Å². The van der Waals surface area contributed by atoms with Crippen LogP contribution in [0.4, 0.5) is 0 Å². The fourth-order valence-electron chi connectivity index (χ4n) is 1.67. The molecule has 0 aliphatic heterocycles. The molecule has 0 atom stereocenters. The monoisotopic (exact) mass is 304 g/mol. The molecule has 0 bridgehead atoms. The predicted octanol–water partition coefficient (Wildman–Crippen LogP) is 1.27. The Bertz CT molecular complexity index is 832. The van der Waals surface area contributed by atoms with Gasteiger partial charge in [-0.25, -0.2) is 0 Å². The minimum atomic E-state index is -4.81. The van der Waals surface area contributed by atoms with Gasteiger partial charge in [-0.3, -0.25) is 9.11 Å². The molecule has 0 saturated heterocycles. The summed E-state index contributed by atoms with van der Waals surface area (Å²) < 4.78 is 66.0. The predicted molar refractivity (Wildman–Crippen MR) is 65.9 cm³/mol. The lowest BCUT2D eigenvalue weighted by Crippen LogP contribution is -2.08. The number of hydrogen-bond acceptors (Lipinski definition) is 5. The Balaban J connectivity index is 2.86. The lowest BCUT2D eigenvalue weighted by atomic mass is 10.1. The first-order valence-corrected chi connectivity index (χ1v) is 7.65. The number of benzene rings is 2. The van der Waals surface area contributed by atoms with Gasteiger partial charge >= 0.3 is 10.4 Å². The van der Waals surface area contributed by atoms with Crippen LogP contribution in [0, 0.1) is 0 Å². The van der Waals surface area contributed by atoms with Crippen molar-refractivity contribution in [3.8, 4) is 5.75 Å². The van der Waals surface area contributed by atoms with Gasteiger partial charge in [0.2, 0.25) is 0 Å². The van der Waals surface area contributed by atoms with Gasteiger partial charge in [-0.05, 0) is 17.5 Å². The number of fused-ring (bicyclic) bond motifs is 1. The smallest absolute Gasteiger partial charge is 0.361 e. The second kappa shape index (κ2) is 4.46. The van der Waals surface area contributed by atoms with Crippen LogP contribution in [0.2, 0.25) is 0 Å². The van der Waals surface area contributed by atoms with E-state index in [1.807, 2.05) is 0 Å².